The van der Waals surface area contributed by atoms with E-state index in [1.807, 2.05) is 43.5 Å². The molecule has 49 heavy (non-hydrogen) atoms. The molecule has 0 spiro atoms. The first-order valence-corrected chi connectivity index (χ1v) is 20.3. The zero-order valence-corrected chi connectivity index (χ0v) is 30.5. The molecule has 0 fully saturated rings. The fourth-order valence-corrected chi connectivity index (χ4v) is 8.92. The second kappa shape index (κ2) is 17.3. The van der Waals surface area contributed by atoms with Gasteiger partial charge in [0, 0.05) is 30.3 Å². The first kappa shape index (κ1) is 39.8. The van der Waals surface area contributed by atoms with Crippen LogP contribution in [0, 0.1) is 5.41 Å². The van der Waals surface area contributed by atoms with Crippen molar-refractivity contribution in [2.75, 3.05) is 42.4 Å². The first-order chi connectivity index (χ1) is 22.8. The molecule has 1 aliphatic rings. The summed E-state index contributed by atoms with van der Waals surface area (Å²) < 4.78 is 65.5. The van der Waals surface area contributed by atoms with E-state index in [-0.39, 0.29) is 29.1 Å². The van der Waals surface area contributed by atoms with Crippen molar-refractivity contribution >= 4 is 54.9 Å². The molecule has 268 valence electrons. The normalized spacial score (nSPS) is 17.5. The van der Waals surface area contributed by atoms with Crippen molar-refractivity contribution in [1.29, 1.82) is 0 Å². The lowest BCUT2D eigenvalue weighted by Gasteiger charge is -2.36. The second-order valence-corrected chi connectivity index (χ2v) is 16.3. The molecule has 1 heterocycles. The minimum Gasteiger partial charge on any atom is -0.483 e. The van der Waals surface area contributed by atoms with Gasteiger partial charge in [0.1, 0.15) is 11.8 Å². The maximum Gasteiger partial charge on any atom is 0.266 e. The number of amides is 2. The van der Waals surface area contributed by atoms with E-state index in [9.17, 15) is 26.4 Å². The van der Waals surface area contributed by atoms with Gasteiger partial charge in [-0.15, -0.1) is 11.8 Å². The van der Waals surface area contributed by atoms with Gasteiger partial charge in [-0.1, -0.05) is 75.2 Å². The van der Waals surface area contributed by atoms with Gasteiger partial charge in [0.15, 0.2) is 16.4 Å². The molecule has 2 amide bonds. The largest absolute Gasteiger partial charge is 0.483 e. The standard InChI is InChI=1S/C34H43N3O8S3.H3N/c1-4-6-17-34(5-2)23-37(26-15-11-8-12-16-26)27-20-29(46-3)28(21-30(27)47(40,41)24-34)45-22-31(38)36-32(25-13-9-7-10-14-25)33(39)35-18-19-48(42,43)44;/h7-16,20-21,32H,4-6,17-19,22-24H2,1-3H3,(H,35,39)(H,36,38)(H,42,43,44);1H3/t32-,34?;/m1./s1. The van der Waals surface area contributed by atoms with E-state index in [1.54, 1.807) is 36.4 Å². The van der Waals surface area contributed by atoms with Crippen molar-refractivity contribution < 1.29 is 35.7 Å². The van der Waals surface area contributed by atoms with Gasteiger partial charge in [-0.3, -0.25) is 14.1 Å². The van der Waals surface area contributed by atoms with Crippen molar-refractivity contribution in [2.24, 2.45) is 5.41 Å². The second-order valence-electron chi connectivity index (χ2n) is 11.9. The fourth-order valence-electron chi connectivity index (χ4n) is 5.84. The van der Waals surface area contributed by atoms with Crippen molar-refractivity contribution in [1.82, 2.24) is 16.8 Å². The van der Waals surface area contributed by atoms with E-state index in [2.05, 4.69) is 22.5 Å². The number of carbonyl (C=O) groups is 2. The van der Waals surface area contributed by atoms with Crippen LogP contribution in [0.2, 0.25) is 0 Å². The molecule has 1 aliphatic heterocycles. The van der Waals surface area contributed by atoms with E-state index >= 15 is 0 Å². The monoisotopic (exact) mass is 734 g/mol. The third-order valence-corrected chi connectivity index (χ3v) is 11.9. The van der Waals surface area contributed by atoms with Crippen LogP contribution in [0.25, 0.3) is 0 Å². The molecule has 0 aromatic heterocycles. The maximum absolute atomic E-state index is 14.2. The molecule has 0 aliphatic carbocycles. The molecule has 0 bridgehead atoms. The highest BCUT2D eigenvalue weighted by Gasteiger charge is 2.42. The number of benzene rings is 3. The van der Waals surface area contributed by atoms with Gasteiger partial charge in [0.05, 0.1) is 27.0 Å². The molecule has 2 atom stereocenters. The zero-order chi connectivity index (χ0) is 35.0. The van der Waals surface area contributed by atoms with Crippen molar-refractivity contribution in [2.45, 2.75) is 55.4 Å². The first-order valence-electron chi connectivity index (χ1n) is 15.8. The number of hydrogen-bond donors (Lipinski definition) is 4. The third-order valence-electron chi connectivity index (χ3n) is 8.46. The Bertz CT molecular complexity index is 1790. The molecule has 4 rings (SSSR count). The Balaban J connectivity index is 0.00000650. The minimum atomic E-state index is -4.30. The average Bonchev–Trinajstić information content (AvgIpc) is 3.16. The smallest absolute Gasteiger partial charge is 0.266 e. The highest BCUT2D eigenvalue weighted by atomic mass is 32.2. The Kier molecular flexibility index (Phi) is 14.1. The molecule has 6 N–H and O–H groups in total. The van der Waals surface area contributed by atoms with E-state index in [0.717, 1.165) is 24.9 Å². The van der Waals surface area contributed by atoms with Crippen LogP contribution in [-0.4, -0.2) is 70.7 Å². The highest BCUT2D eigenvalue weighted by Crippen LogP contribution is 2.47. The van der Waals surface area contributed by atoms with Crippen LogP contribution in [0.1, 0.15) is 51.1 Å². The van der Waals surface area contributed by atoms with Crippen LogP contribution < -0.4 is 26.4 Å². The number of thioether (sulfide) groups is 1. The van der Waals surface area contributed by atoms with Gasteiger partial charge < -0.3 is 26.4 Å². The summed E-state index contributed by atoms with van der Waals surface area (Å²) in [6.07, 6.45) is 5.15. The molecule has 3 aromatic rings. The number of anilines is 2. The summed E-state index contributed by atoms with van der Waals surface area (Å²) in [5.74, 6) is -1.82. The quantitative estimate of drug-likeness (QED) is 0.117. The lowest BCUT2D eigenvalue weighted by molar-refractivity contribution is -0.130. The molecule has 1 unspecified atom stereocenters. The van der Waals surface area contributed by atoms with E-state index < -0.39 is 55.6 Å². The van der Waals surface area contributed by atoms with Crippen LogP contribution in [0.4, 0.5) is 11.4 Å². The number of unbranched alkanes of at least 4 members (excludes halogenated alkanes) is 1. The molecule has 3 aromatic carbocycles. The topological polar surface area (TPSA) is 194 Å². The molecule has 12 nitrogen and oxygen atoms in total. The van der Waals surface area contributed by atoms with Crippen LogP contribution in [0.15, 0.2) is 82.6 Å². The number of fused-ring (bicyclic) bond motifs is 1. The summed E-state index contributed by atoms with van der Waals surface area (Å²) >= 11 is 1.36. The number of nitrogens with zero attached hydrogens (tertiary/aromatic N) is 1. The van der Waals surface area contributed by atoms with Crippen molar-refractivity contribution in [3.63, 3.8) is 0 Å². The number of rotatable bonds is 15. The van der Waals surface area contributed by atoms with Gasteiger partial charge in [-0.05, 0) is 42.9 Å². The molecule has 0 radical (unpaired) electrons. The summed E-state index contributed by atoms with van der Waals surface area (Å²) in [4.78, 5) is 29.0. The lowest BCUT2D eigenvalue weighted by Crippen LogP contribution is -2.43. The van der Waals surface area contributed by atoms with Crippen LogP contribution in [0.3, 0.4) is 0 Å². The summed E-state index contributed by atoms with van der Waals surface area (Å²) in [5.41, 5.74) is 1.41. The lowest BCUT2D eigenvalue weighted by atomic mass is 9.81. The van der Waals surface area contributed by atoms with Gasteiger partial charge >= 0.3 is 0 Å². The number of sulfone groups is 1. The highest BCUT2D eigenvalue weighted by molar-refractivity contribution is 7.98. The van der Waals surface area contributed by atoms with Crippen LogP contribution >= 0.6 is 11.8 Å². The molecule has 0 saturated heterocycles. The predicted octanol–water partition coefficient (Wildman–Crippen LogP) is 5.32. The van der Waals surface area contributed by atoms with E-state index in [4.69, 9.17) is 9.29 Å². The maximum atomic E-state index is 14.2. The summed E-state index contributed by atoms with van der Waals surface area (Å²) in [6.45, 7) is 3.80. The Morgan fingerprint density at radius 1 is 1.06 bits per heavy atom. The Labute approximate surface area is 293 Å². The molecule has 0 saturated carbocycles. The fraction of sp³-hybridized carbons (Fsp3) is 0.412. The Morgan fingerprint density at radius 2 is 1.71 bits per heavy atom. The summed E-state index contributed by atoms with van der Waals surface area (Å²) in [5, 5.41) is 5.04. The van der Waals surface area contributed by atoms with Gasteiger partial charge in [0.25, 0.3) is 16.0 Å². The Hall–Kier alpha value is -3.63. The summed E-state index contributed by atoms with van der Waals surface area (Å²) in [7, 11) is -8.08. The number of nitrogens with one attached hydrogen (secondary N) is 2. The van der Waals surface area contributed by atoms with Crippen molar-refractivity contribution in [3.8, 4) is 5.75 Å². The number of ether oxygens (including phenoxy) is 1. The SMILES string of the molecule is CCCCC1(CC)CN(c2ccccc2)c2cc(SC)c(OCC(=O)N[C@@H](C(=O)NCCS(=O)(=O)O)c3ccccc3)cc2S(=O)(=O)C1.N. The van der Waals surface area contributed by atoms with Gasteiger partial charge in [0.2, 0.25) is 5.91 Å². The molecular weight excluding hydrogens is 689 g/mol. The Morgan fingerprint density at radius 3 is 2.31 bits per heavy atom. The predicted molar refractivity (Wildman–Crippen MR) is 193 cm³/mol. The molecular formula is C34H46N4O8S3. The van der Waals surface area contributed by atoms with E-state index in [1.165, 1.54) is 17.8 Å². The van der Waals surface area contributed by atoms with Gasteiger partial charge in [-0.25, -0.2) is 8.42 Å². The molecule has 15 heteroatoms. The third kappa shape index (κ3) is 10.4. The number of hydrogen-bond acceptors (Lipinski definition) is 10. The number of carbonyl (C=O) groups excluding carboxylic acids is 2. The number of para-hydroxylation sites is 1. The van der Waals surface area contributed by atoms with Crippen LogP contribution in [-0.2, 0) is 29.5 Å². The van der Waals surface area contributed by atoms with Crippen LogP contribution in [0.5, 0.6) is 5.75 Å². The minimum absolute atomic E-state index is 0. The summed E-state index contributed by atoms with van der Waals surface area (Å²) in [6, 6.07) is 20.2. The zero-order valence-electron chi connectivity index (χ0n) is 28.1. The van der Waals surface area contributed by atoms with Crippen molar-refractivity contribution in [3.05, 3.63) is 78.4 Å². The average molecular weight is 735 g/mol. The van der Waals surface area contributed by atoms with E-state index in [0.29, 0.717) is 29.1 Å². The van der Waals surface area contributed by atoms with Gasteiger partial charge in [-0.2, -0.15) is 8.42 Å².